The topological polar surface area (TPSA) is 50.5 Å². The van der Waals surface area contributed by atoms with Crippen molar-refractivity contribution in [1.29, 1.82) is 0 Å². The van der Waals surface area contributed by atoms with Crippen LogP contribution in [0.25, 0.3) is 22.2 Å². The van der Waals surface area contributed by atoms with E-state index in [1.165, 1.54) is 0 Å². The Bertz CT molecular complexity index is 970. The van der Waals surface area contributed by atoms with Gasteiger partial charge in [-0.2, -0.15) is 0 Å². The zero-order chi connectivity index (χ0) is 20.7. The summed E-state index contributed by atoms with van der Waals surface area (Å²) in [5.74, 6) is 0. The largest absolute Gasteiger partial charge is 0.427 e. The number of benzene rings is 1. The first-order chi connectivity index (χ1) is 13.0. The summed E-state index contributed by atoms with van der Waals surface area (Å²) in [5.41, 5.74) is 3.48. The number of nitrogens with zero attached hydrogens (tertiary/aromatic N) is 3. The highest BCUT2D eigenvalue weighted by Crippen LogP contribution is 2.26. The van der Waals surface area contributed by atoms with Gasteiger partial charge >= 0.3 is 7.48 Å². The Balaban J connectivity index is 1.94. The standard InChI is InChI=1S/C22H29BN3O2/c1-21(2,27)22(3,4)28-23-19-14-26(7)20-18(19)12-16(13-24-20)15-8-10-17(11-9-15)25(5)6/h8-14,27H,1-7H3. The molecule has 0 aliphatic heterocycles. The number of aryl methyl sites for hydroxylation is 1. The molecular formula is C22H29BN3O2. The van der Waals surface area contributed by atoms with Crippen molar-refractivity contribution < 1.29 is 9.76 Å². The first kappa shape index (κ1) is 20.4. The zero-order valence-corrected chi connectivity index (χ0v) is 17.8. The molecule has 0 saturated heterocycles. The van der Waals surface area contributed by atoms with Gasteiger partial charge in [-0.05, 0) is 56.9 Å². The van der Waals surface area contributed by atoms with Crippen molar-refractivity contribution in [2.75, 3.05) is 19.0 Å². The van der Waals surface area contributed by atoms with Gasteiger partial charge in [-0.3, -0.25) is 0 Å². The highest BCUT2D eigenvalue weighted by molar-refractivity contribution is 6.51. The Morgan fingerprint density at radius 3 is 2.29 bits per heavy atom. The number of fused-ring (bicyclic) bond motifs is 1. The number of hydrogen-bond donors (Lipinski definition) is 1. The van der Waals surface area contributed by atoms with Gasteiger partial charge in [-0.15, -0.1) is 0 Å². The highest BCUT2D eigenvalue weighted by Gasteiger charge is 2.36. The van der Waals surface area contributed by atoms with E-state index in [9.17, 15) is 5.11 Å². The molecule has 0 aliphatic carbocycles. The quantitative estimate of drug-likeness (QED) is 0.670. The molecule has 0 atom stereocenters. The molecule has 0 saturated carbocycles. The lowest BCUT2D eigenvalue weighted by molar-refractivity contribution is -0.0893. The van der Waals surface area contributed by atoms with Crippen LogP contribution in [0.3, 0.4) is 0 Å². The van der Waals surface area contributed by atoms with Crippen molar-refractivity contribution in [3.63, 3.8) is 0 Å². The molecule has 1 aromatic carbocycles. The van der Waals surface area contributed by atoms with Crippen LogP contribution in [0.1, 0.15) is 27.7 Å². The monoisotopic (exact) mass is 378 g/mol. The first-order valence-corrected chi connectivity index (χ1v) is 9.46. The van der Waals surface area contributed by atoms with Gasteiger partial charge in [0.25, 0.3) is 0 Å². The molecule has 1 N–H and O–H groups in total. The predicted molar refractivity (Wildman–Crippen MR) is 117 cm³/mol. The van der Waals surface area contributed by atoms with Crippen LogP contribution in [0.4, 0.5) is 5.69 Å². The van der Waals surface area contributed by atoms with E-state index in [-0.39, 0.29) is 0 Å². The number of aromatic nitrogens is 2. The molecule has 3 rings (SSSR count). The van der Waals surface area contributed by atoms with Crippen LogP contribution in [0.2, 0.25) is 0 Å². The Morgan fingerprint density at radius 2 is 1.71 bits per heavy atom. The van der Waals surface area contributed by atoms with Crippen molar-refractivity contribution in [2.24, 2.45) is 7.05 Å². The predicted octanol–water partition coefficient (Wildman–Crippen LogP) is 3.12. The summed E-state index contributed by atoms with van der Waals surface area (Å²) in [7, 11) is 7.76. The molecule has 5 nitrogen and oxygen atoms in total. The van der Waals surface area contributed by atoms with Gasteiger partial charge < -0.3 is 19.2 Å². The van der Waals surface area contributed by atoms with Crippen molar-refractivity contribution in [3.8, 4) is 11.1 Å². The van der Waals surface area contributed by atoms with Gasteiger partial charge in [0, 0.05) is 50.2 Å². The minimum atomic E-state index is -0.967. The number of anilines is 1. The van der Waals surface area contributed by atoms with Gasteiger partial charge in [0.2, 0.25) is 0 Å². The Labute approximate surface area is 168 Å². The van der Waals surface area contributed by atoms with Crippen molar-refractivity contribution in [2.45, 2.75) is 38.9 Å². The normalized spacial score (nSPS) is 12.4. The van der Waals surface area contributed by atoms with E-state index in [4.69, 9.17) is 4.65 Å². The van der Waals surface area contributed by atoms with Crippen molar-refractivity contribution in [3.05, 3.63) is 42.7 Å². The van der Waals surface area contributed by atoms with Crippen LogP contribution in [0.15, 0.2) is 42.7 Å². The minimum Gasteiger partial charge on any atom is -0.427 e. The number of hydrogen-bond acceptors (Lipinski definition) is 4. The second kappa shape index (κ2) is 7.26. The van der Waals surface area contributed by atoms with Crippen LogP contribution < -0.4 is 10.4 Å². The van der Waals surface area contributed by atoms with E-state index in [1.54, 1.807) is 21.3 Å². The molecule has 6 heteroatoms. The second-order valence-electron chi connectivity index (χ2n) is 8.54. The summed E-state index contributed by atoms with van der Waals surface area (Å²) in [6.07, 6.45) is 3.90. The fourth-order valence-electron chi connectivity index (χ4n) is 2.85. The summed E-state index contributed by atoms with van der Waals surface area (Å²) < 4.78 is 7.95. The van der Waals surface area contributed by atoms with Crippen LogP contribution in [-0.4, -0.2) is 47.4 Å². The molecular weight excluding hydrogens is 349 g/mol. The molecule has 0 amide bonds. The molecule has 0 spiro atoms. The van der Waals surface area contributed by atoms with E-state index in [1.807, 2.05) is 52.0 Å². The Hall–Kier alpha value is -2.31. The molecule has 0 fully saturated rings. The zero-order valence-electron chi connectivity index (χ0n) is 17.8. The van der Waals surface area contributed by atoms with E-state index < -0.39 is 11.2 Å². The van der Waals surface area contributed by atoms with Crippen LogP contribution in [0.5, 0.6) is 0 Å². The summed E-state index contributed by atoms with van der Waals surface area (Å²) in [4.78, 5) is 6.74. The van der Waals surface area contributed by atoms with Crippen molar-refractivity contribution in [1.82, 2.24) is 9.55 Å². The minimum absolute atomic E-state index is 0.720. The molecule has 3 aromatic rings. The molecule has 147 valence electrons. The molecule has 0 bridgehead atoms. The smallest absolute Gasteiger partial charge is 0.333 e. The van der Waals surface area contributed by atoms with Gasteiger partial charge in [-0.1, -0.05) is 12.1 Å². The SMILES string of the molecule is CN(C)c1ccc(-c2cnc3c(c2)c([B]OC(C)(C)C(C)(C)O)cn3C)cc1. The Morgan fingerprint density at radius 1 is 1.07 bits per heavy atom. The molecule has 0 unspecified atom stereocenters. The van der Waals surface area contributed by atoms with E-state index >= 15 is 0 Å². The summed E-state index contributed by atoms with van der Waals surface area (Å²) in [5, 5.41) is 11.3. The fraction of sp³-hybridized carbons (Fsp3) is 0.409. The molecule has 2 heterocycles. The van der Waals surface area contributed by atoms with Crippen LogP contribution >= 0.6 is 0 Å². The van der Waals surface area contributed by atoms with Gasteiger partial charge in [0.15, 0.2) is 0 Å². The van der Waals surface area contributed by atoms with Crippen molar-refractivity contribution >= 4 is 29.7 Å². The van der Waals surface area contributed by atoms with E-state index in [2.05, 4.69) is 40.2 Å². The fourth-order valence-corrected chi connectivity index (χ4v) is 2.85. The van der Waals surface area contributed by atoms with Gasteiger partial charge in [0.1, 0.15) is 5.65 Å². The summed E-state index contributed by atoms with van der Waals surface area (Å²) >= 11 is 0. The first-order valence-electron chi connectivity index (χ1n) is 9.46. The number of aliphatic hydroxyl groups is 1. The Kier molecular flexibility index (Phi) is 5.30. The molecule has 28 heavy (non-hydrogen) atoms. The number of rotatable bonds is 6. The number of pyridine rings is 1. The highest BCUT2D eigenvalue weighted by atomic mass is 16.5. The molecule has 2 aromatic heterocycles. The molecule has 1 radical (unpaired) electrons. The summed E-state index contributed by atoms with van der Waals surface area (Å²) in [6, 6.07) is 10.6. The van der Waals surface area contributed by atoms with Gasteiger partial charge in [-0.25, -0.2) is 4.98 Å². The van der Waals surface area contributed by atoms with E-state index in [0.29, 0.717) is 0 Å². The van der Waals surface area contributed by atoms with Crippen LogP contribution in [-0.2, 0) is 11.7 Å². The van der Waals surface area contributed by atoms with E-state index in [0.717, 1.165) is 33.3 Å². The summed E-state index contributed by atoms with van der Waals surface area (Å²) in [6.45, 7) is 7.26. The third kappa shape index (κ3) is 3.93. The van der Waals surface area contributed by atoms with Gasteiger partial charge in [0.05, 0.1) is 11.2 Å². The lowest BCUT2D eigenvalue weighted by Crippen LogP contribution is -2.49. The molecule has 0 aliphatic rings. The second-order valence-corrected chi connectivity index (χ2v) is 8.54. The third-order valence-electron chi connectivity index (χ3n) is 5.52. The maximum Gasteiger partial charge on any atom is 0.333 e. The third-order valence-corrected chi connectivity index (χ3v) is 5.52. The lowest BCUT2D eigenvalue weighted by atomic mass is 9.82. The average molecular weight is 378 g/mol. The van der Waals surface area contributed by atoms with Crippen LogP contribution in [0, 0.1) is 0 Å². The average Bonchev–Trinajstić information content (AvgIpc) is 2.94. The maximum atomic E-state index is 10.3. The lowest BCUT2D eigenvalue weighted by Gasteiger charge is -2.37. The maximum absolute atomic E-state index is 10.3.